The van der Waals surface area contributed by atoms with Crippen LogP contribution in [0.5, 0.6) is 0 Å². The van der Waals surface area contributed by atoms with Gasteiger partial charge in [0.1, 0.15) is 0 Å². The third-order valence-corrected chi connectivity index (χ3v) is 5.36. The summed E-state index contributed by atoms with van der Waals surface area (Å²) in [5.74, 6) is 0.590. The van der Waals surface area contributed by atoms with Gasteiger partial charge in [0.15, 0.2) is 5.96 Å². The highest BCUT2D eigenvalue weighted by molar-refractivity contribution is 14.0. The first-order valence-electron chi connectivity index (χ1n) is 9.29. The van der Waals surface area contributed by atoms with E-state index in [0.29, 0.717) is 35.5 Å². The fraction of sp³-hybridized carbons (Fsp3) is 0.333. The van der Waals surface area contributed by atoms with Gasteiger partial charge in [-0.25, -0.2) is 4.99 Å². The van der Waals surface area contributed by atoms with Crippen molar-refractivity contribution in [2.75, 3.05) is 6.54 Å². The summed E-state index contributed by atoms with van der Waals surface area (Å²) >= 11 is 12.2. The molecule has 0 spiro atoms. The number of nitrogens with zero attached hydrogens (tertiary/aromatic N) is 2. The van der Waals surface area contributed by atoms with Crippen LogP contribution < -0.4 is 11.1 Å². The van der Waals surface area contributed by atoms with E-state index >= 15 is 0 Å². The van der Waals surface area contributed by atoms with E-state index in [0.717, 1.165) is 29.7 Å². The summed E-state index contributed by atoms with van der Waals surface area (Å²) in [7, 11) is 0. The second-order valence-corrected chi connectivity index (χ2v) is 7.81. The van der Waals surface area contributed by atoms with Crippen LogP contribution in [0.25, 0.3) is 0 Å². The SMILES string of the molecule is CC(NC(N)=NCc1ccc(CN2CCCC2=O)cc1)c1ccc(Cl)cc1Cl.I. The van der Waals surface area contributed by atoms with Crippen LogP contribution >= 0.6 is 47.2 Å². The number of aliphatic imine (C=N–C) groups is 1. The Balaban J connectivity index is 0.00000300. The van der Waals surface area contributed by atoms with E-state index in [1.54, 1.807) is 12.1 Å². The molecule has 5 nitrogen and oxygen atoms in total. The number of likely N-dealkylation sites (tertiary alicyclic amines) is 1. The predicted octanol–water partition coefficient (Wildman–Crippen LogP) is 4.90. The van der Waals surface area contributed by atoms with Gasteiger partial charge in [-0.3, -0.25) is 4.79 Å². The second-order valence-electron chi connectivity index (χ2n) is 6.97. The van der Waals surface area contributed by atoms with Gasteiger partial charge in [0.25, 0.3) is 0 Å². The molecular weight excluding hydrogens is 522 g/mol. The van der Waals surface area contributed by atoms with Crippen LogP contribution in [-0.2, 0) is 17.9 Å². The molecule has 2 aromatic rings. The van der Waals surface area contributed by atoms with Crippen molar-refractivity contribution in [2.45, 2.75) is 38.9 Å². The molecule has 0 saturated carbocycles. The molecule has 8 heteroatoms. The predicted molar refractivity (Wildman–Crippen MR) is 130 cm³/mol. The standard InChI is InChI=1S/C21H24Cl2N4O.HI/c1-14(18-9-8-17(22)11-19(18)23)26-21(24)25-12-15-4-6-16(7-5-15)13-27-10-2-3-20(27)28;/h4-9,11,14H,2-3,10,12-13H2,1H3,(H3,24,25,26);1H. The Kier molecular flexibility index (Phi) is 9.04. The highest BCUT2D eigenvalue weighted by Gasteiger charge is 2.19. The number of guanidine groups is 1. The molecular formula is C21H25Cl2IN4O. The molecule has 1 heterocycles. The summed E-state index contributed by atoms with van der Waals surface area (Å²) < 4.78 is 0. The number of rotatable bonds is 6. The maximum atomic E-state index is 11.7. The minimum Gasteiger partial charge on any atom is -0.370 e. The van der Waals surface area contributed by atoms with Crippen molar-refractivity contribution in [3.8, 4) is 0 Å². The largest absolute Gasteiger partial charge is 0.370 e. The lowest BCUT2D eigenvalue weighted by atomic mass is 10.1. The summed E-state index contributed by atoms with van der Waals surface area (Å²) in [6.07, 6.45) is 1.62. The number of nitrogens with one attached hydrogen (secondary N) is 1. The summed E-state index contributed by atoms with van der Waals surface area (Å²) in [5, 5.41) is 4.33. The van der Waals surface area contributed by atoms with Gasteiger partial charge in [0, 0.05) is 29.6 Å². The average Bonchev–Trinajstić information content (AvgIpc) is 3.05. The van der Waals surface area contributed by atoms with Crippen LogP contribution in [0.2, 0.25) is 10.0 Å². The second kappa shape index (κ2) is 11.0. The molecule has 0 aromatic heterocycles. The van der Waals surface area contributed by atoms with E-state index in [9.17, 15) is 4.79 Å². The maximum absolute atomic E-state index is 11.7. The Morgan fingerprint density at radius 2 is 1.90 bits per heavy atom. The van der Waals surface area contributed by atoms with Crippen LogP contribution in [0.3, 0.4) is 0 Å². The summed E-state index contributed by atoms with van der Waals surface area (Å²) in [4.78, 5) is 18.0. The van der Waals surface area contributed by atoms with Crippen molar-refractivity contribution in [3.63, 3.8) is 0 Å². The van der Waals surface area contributed by atoms with Crippen LogP contribution in [0.4, 0.5) is 0 Å². The molecule has 0 aliphatic carbocycles. The molecule has 1 amide bonds. The quantitative estimate of drug-likeness (QED) is 0.307. The van der Waals surface area contributed by atoms with Gasteiger partial charge in [-0.2, -0.15) is 0 Å². The molecule has 1 unspecified atom stereocenters. The van der Waals surface area contributed by atoms with E-state index in [1.165, 1.54) is 0 Å². The third kappa shape index (κ3) is 6.76. The van der Waals surface area contributed by atoms with Crippen molar-refractivity contribution in [3.05, 3.63) is 69.2 Å². The lowest BCUT2D eigenvalue weighted by molar-refractivity contribution is -0.128. The Hall–Kier alpha value is -1.51. The molecule has 1 aliphatic rings. The van der Waals surface area contributed by atoms with Crippen molar-refractivity contribution in [2.24, 2.45) is 10.7 Å². The Bertz CT molecular complexity index is 873. The molecule has 1 atom stereocenters. The molecule has 3 N–H and O–H groups in total. The highest BCUT2D eigenvalue weighted by atomic mass is 127. The molecule has 3 rings (SSSR count). The molecule has 0 bridgehead atoms. The van der Waals surface area contributed by atoms with Gasteiger partial charge in [-0.1, -0.05) is 53.5 Å². The Morgan fingerprint density at radius 3 is 2.52 bits per heavy atom. The van der Waals surface area contributed by atoms with Gasteiger partial charge in [0.05, 0.1) is 12.6 Å². The van der Waals surface area contributed by atoms with Crippen LogP contribution in [0, 0.1) is 0 Å². The summed E-state index contributed by atoms with van der Waals surface area (Å²) in [6, 6.07) is 13.4. The monoisotopic (exact) mass is 546 g/mol. The number of hydrogen-bond donors (Lipinski definition) is 2. The van der Waals surface area contributed by atoms with Crippen molar-refractivity contribution < 1.29 is 4.79 Å². The van der Waals surface area contributed by atoms with Crippen LogP contribution in [-0.4, -0.2) is 23.3 Å². The summed E-state index contributed by atoms with van der Waals surface area (Å²) in [6.45, 7) is 3.96. The maximum Gasteiger partial charge on any atom is 0.222 e. The van der Waals surface area contributed by atoms with Crippen molar-refractivity contribution in [1.82, 2.24) is 10.2 Å². The number of amides is 1. The third-order valence-electron chi connectivity index (χ3n) is 4.79. The first kappa shape index (κ1) is 23.8. The molecule has 156 valence electrons. The lowest BCUT2D eigenvalue weighted by Gasteiger charge is -2.17. The number of carbonyl (C=O) groups is 1. The lowest BCUT2D eigenvalue weighted by Crippen LogP contribution is -2.34. The zero-order valence-electron chi connectivity index (χ0n) is 16.2. The molecule has 2 aromatic carbocycles. The zero-order chi connectivity index (χ0) is 20.1. The number of hydrogen-bond acceptors (Lipinski definition) is 2. The topological polar surface area (TPSA) is 70.7 Å². The number of carbonyl (C=O) groups excluding carboxylic acids is 1. The van der Waals surface area contributed by atoms with Crippen LogP contribution in [0.1, 0.15) is 42.5 Å². The smallest absolute Gasteiger partial charge is 0.222 e. The van der Waals surface area contributed by atoms with E-state index in [1.807, 2.05) is 42.2 Å². The fourth-order valence-corrected chi connectivity index (χ4v) is 3.79. The Morgan fingerprint density at radius 1 is 1.21 bits per heavy atom. The zero-order valence-corrected chi connectivity index (χ0v) is 20.0. The molecule has 1 fully saturated rings. The van der Waals surface area contributed by atoms with E-state index in [2.05, 4.69) is 10.3 Å². The molecule has 0 radical (unpaired) electrons. The number of benzene rings is 2. The first-order chi connectivity index (χ1) is 13.4. The van der Waals surface area contributed by atoms with Gasteiger partial charge in [-0.05, 0) is 42.2 Å². The number of halogens is 3. The first-order valence-corrected chi connectivity index (χ1v) is 10.0. The van der Waals surface area contributed by atoms with E-state index < -0.39 is 0 Å². The van der Waals surface area contributed by atoms with Gasteiger partial charge in [0.2, 0.25) is 5.91 Å². The minimum atomic E-state index is -0.0890. The molecule has 29 heavy (non-hydrogen) atoms. The highest BCUT2D eigenvalue weighted by Crippen LogP contribution is 2.26. The van der Waals surface area contributed by atoms with Crippen LogP contribution in [0.15, 0.2) is 47.5 Å². The summed E-state index contributed by atoms with van der Waals surface area (Å²) in [5.41, 5.74) is 9.11. The van der Waals surface area contributed by atoms with Crippen molar-refractivity contribution >= 4 is 59.0 Å². The van der Waals surface area contributed by atoms with Gasteiger partial charge >= 0.3 is 0 Å². The van der Waals surface area contributed by atoms with Gasteiger partial charge < -0.3 is 16.0 Å². The van der Waals surface area contributed by atoms with E-state index in [4.69, 9.17) is 28.9 Å². The minimum absolute atomic E-state index is 0. The molecule has 1 aliphatic heterocycles. The number of nitrogens with two attached hydrogens (primary N) is 1. The van der Waals surface area contributed by atoms with Gasteiger partial charge in [-0.15, -0.1) is 24.0 Å². The fourth-order valence-electron chi connectivity index (χ4n) is 3.22. The normalized spacial score (nSPS) is 15.2. The average molecular weight is 547 g/mol. The van der Waals surface area contributed by atoms with Crippen molar-refractivity contribution in [1.29, 1.82) is 0 Å². The van der Waals surface area contributed by atoms with E-state index in [-0.39, 0.29) is 35.9 Å². The molecule has 1 saturated heterocycles. The Labute approximate surface area is 198 Å².